The summed E-state index contributed by atoms with van der Waals surface area (Å²) in [6, 6.07) is 9.17. The van der Waals surface area contributed by atoms with Crippen molar-refractivity contribution in [3.8, 4) is 5.69 Å². The minimum atomic E-state index is -4.11. The maximum atomic E-state index is 15.7. The molecule has 1 heterocycles. The zero-order valence-corrected chi connectivity index (χ0v) is 18.5. The fraction of sp³-hybridized carbons (Fsp3) is 0.500. The van der Waals surface area contributed by atoms with Crippen LogP contribution in [-0.2, 0) is 5.67 Å². The van der Waals surface area contributed by atoms with Crippen LogP contribution in [0.3, 0.4) is 0 Å². The third-order valence-electron chi connectivity index (χ3n) is 6.85. The number of hydrogen-bond acceptors (Lipinski definition) is 1. The summed E-state index contributed by atoms with van der Waals surface area (Å²) < 4.78 is 57.4. The predicted molar refractivity (Wildman–Crippen MR) is 118 cm³/mol. The van der Waals surface area contributed by atoms with Crippen LogP contribution in [0.2, 0.25) is 0 Å². The van der Waals surface area contributed by atoms with Crippen LogP contribution in [0.1, 0.15) is 70.3 Å². The maximum absolute atomic E-state index is 15.7. The summed E-state index contributed by atoms with van der Waals surface area (Å²) in [6.07, 6.45) is 8.07. The fourth-order valence-electron chi connectivity index (χ4n) is 4.68. The van der Waals surface area contributed by atoms with Gasteiger partial charge < -0.3 is 0 Å². The van der Waals surface area contributed by atoms with Crippen LogP contribution in [-0.4, -0.2) is 16.0 Å². The van der Waals surface area contributed by atoms with Crippen LogP contribution < -0.4 is 0 Å². The largest absolute Gasteiger partial charge is 0.394 e. The number of nitrogens with zero attached hydrogens (tertiary/aromatic N) is 2. The summed E-state index contributed by atoms with van der Waals surface area (Å²) in [5.41, 5.74) is 0.468. The predicted octanol–water partition coefficient (Wildman–Crippen LogP) is 8.00. The van der Waals surface area contributed by atoms with Crippen LogP contribution in [0.15, 0.2) is 66.0 Å². The minimum absolute atomic E-state index is 0.128. The lowest BCUT2D eigenvalue weighted by molar-refractivity contribution is -0.186. The number of benzene rings is 1. The Morgan fingerprint density at radius 3 is 2.31 bits per heavy atom. The number of hydrogen-bond donors (Lipinski definition) is 0. The van der Waals surface area contributed by atoms with E-state index in [1.54, 1.807) is 29.9 Å². The van der Waals surface area contributed by atoms with E-state index in [1.807, 2.05) is 30.5 Å². The molecule has 0 aliphatic heterocycles. The van der Waals surface area contributed by atoms with Gasteiger partial charge in [0.2, 0.25) is 0 Å². The van der Waals surface area contributed by atoms with Gasteiger partial charge in [0.05, 0.1) is 11.1 Å². The zero-order chi connectivity index (χ0) is 22.8. The molecule has 1 unspecified atom stereocenters. The molecule has 1 aromatic heterocycles. The second-order valence-electron chi connectivity index (χ2n) is 9.48. The Kier molecular flexibility index (Phi) is 6.33. The molecular weight excluding hydrogens is 416 g/mol. The Labute approximate surface area is 187 Å². The summed E-state index contributed by atoms with van der Waals surface area (Å²) in [5, 5.41) is 4.19. The van der Waals surface area contributed by atoms with E-state index in [9.17, 15) is 13.2 Å². The number of halogens is 4. The quantitative estimate of drug-likeness (QED) is 0.325. The van der Waals surface area contributed by atoms with Gasteiger partial charge in [0.15, 0.2) is 0 Å². The van der Waals surface area contributed by atoms with E-state index in [-0.39, 0.29) is 19.3 Å². The Morgan fingerprint density at radius 1 is 0.969 bits per heavy atom. The van der Waals surface area contributed by atoms with E-state index >= 15 is 4.39 Å². The summed E-state index contributed by atoms with van der Waals surface area (Å²) >= 11 is 0. The van der Waals surface area contributed by atoms with E-state index in [4.69, 9.17) is 0 Å². The first-order valence-corrected chi connectivity index (χ1v) is 11.4. The third-order valence-corrected chi connectivity index (χ3v) is 6.85. The highest BCUT2D eigenvalue weighted by molar-refractivity contribution is 5.36. The molecule has 1 fully saturated rings. The van der Waals surface area contributed by atoms with Crippen LogP contribution in [0.25, 0.3) is 5.69 Å². The van der Waals surface area contributed by atoms with Crippen LogP contribution in [0.5, 0.6) is 0 Å². The Bertz CT molecular complexity index is 962. The molecule has 1 saturated carbocycles. The molecule has 0 bridgehead atoms. The Balaban J connectivity index is 1.39. The molecule has 1 aromatic carbocycles. The lowest BCUT2D eigenvalue weighted by Crippen LogP contribution is -2.25. The van der Waals surface area contributed by atoms with Crippen molar-refractivity contribution in [1.82, 2.24) is 9.78 Å². The third kappa shape index (κ3) is 5.16. The molecule has 0 N–H and O–H groups in total. The molecule has 0 saturated heterocycles. The van der Waals surface area contributed by atoms with Gasteiger partial charge in [-0.15, -0.1) is 0 Å². The van der Waals surface area contributed by atoms with Crippen LogP contribution >= 0.6 is 0 Å². The van der Waals surface area contributed by atoms with Gasteiger partial charge in [-0.25, -0.2) is 9.07 Å². The standard InChI is InChI=1S/C26H30F4N2/c1-24(27,22-10-12-23(13-11-22)32-17-5-16-31-32)18-20-6-2-3-7-21(9-4-8-20)19-25(14-15-25)26(28,29)30/h5,7-8,10-13,16-17H,2-4,6,9,14-15,18-19H2,1H3/b20-8+,21-7+. The molecule has 172 valence electrons. The van der Waals surface area contributed by atoms with Gasteiger partial charge in [-0.2, -0.15) is 18.3 Å². The number of rotatable bonds is 6. The van der Waals surface area contributed by atoms with Crippen molar-refractivity contribution in [2.75, 3.05) is 0 Å². The summed E-state index contributed by atoms with van der Waals surface area (Å²) in [6.45, 7) is 1.60. The van der Waals surface area contributed by atoms with Crippen molar-refractivity contribution in [3.05, 3.63) is 71.6 Å². The second-order valence-corrected chi connectivity index (χ2v) is 9.48. The first-order valence-electron chi connectivity index (χ1n) is 11.4. The van der Waals surface area contributed by atoms with Crippen molar-refractivity contribution in [3.63, 3.8) is 0 Å². The van der Waals surface area contributed by atoms with Crippen LogP contribution in [0, 0.1) is 5.41 Å². The van der Waals surface area contributed by atoms with Gasteiger partial charge in [0, 0.05) is 18.8 Å². The van der Waals surface area contributed by atoms with Gasteiger partial charge in [-0.05, 0) is 82.1 Å². The molecule has 1 atom stereocenters. The van der Waals surface area contributed by atoms with Crippen molar-refractivity contribution in [1.29, 1.82) is 0 Å². The lowest BCUT2D eigenvalue weighted by Gasteiger charge is -2.23. The zero-order valence-electron chi connectivity index (χ0n) is 18.5. The van der Waals surface area contributed by atoms with Gasteiger partial charge in [-0.1, -0.05) is 35.4 Å². The molecule has 2 aliphatic rings. The van der Waals surface area contributed by atoms with Crippen molar-refractivity contribution < 1.29 is 17.6 Å². The van der Waals surface area contributed by atoms with Gasteiger partial charge >= 0.3 is 6.18 Å². The van der Waals surface area contributed by atoms with Gasteiger partial charge in [0.25, 0.3) is 0 Å². The molecule has 0 amide bonds. The molecule has 2 aromatic rings. The van der Waals surface area contributed by atoms with Crippen molar-refractivity contribution in [2.24, 2.45) is 5.41 Å². The highest BCUT2D eigenvalue weighted by Crippen LogP contribution is 2.61. The van der Waals surface area contributed by atoms with E-state index in [2.05, 4.69) is 11.2 Å². The van der Waals surface area contributed by atoms with Crippen LogP contribution in [0.4, 0.5) is 17.6 Å². The number of allylic oxidation sites excluding steroid dienone is 4. The van der Waals surface area contributed by atoms with E-state index in [0.717, 1.165) is 36.1 Å². The normalized spacial score (nSPS) is 24.2. The lowest BCUT2D eigenvalue weighted by atomic mass is 9.88. The smallest absolute Gasteiger partial charge is 0.241 e. The molecular formula is C26H30F4N2. The highest BCUT2D eigenvalue weighted by atomic mass is 19.4. The number of alkyl halides is 4. The first kappa shape index (κ1) is 22.8. The average molecular weight is 447 g/mol. The summed E-state index contributed by atoms with van der Waals surface area (Å²) in [5.74, 6) is 0. The molecule has 2 aliphatic carbocycles. The maximum Gasteiger partial charge on any atom is 0.394 e. The Hall–Kier alpha value is -2.37. The SMILES string of the molecule is CC(F)(C/C1=C/CC/C(CC2(C(F)(F)F)CC2)=C\CCC1)c1ccc(-n2cccn2)cc1. The van der Waals surface area contributed by atoms with Crippen molar-refractivity contribution in [2.45, 2.75) is 76.6 Å². The highest BCUT2D eigenvalue weighted by Gasteiger charge is 2.62. The topological polar surface area (TPSA) is 17.8 Å². The minimum Gasteiger partial charge on any atom is -0.241 e. The molecule has 2 nitrogen and oxygen atoms in total. The Morgan fingerprint density at radius 2 is 1.69 bits per heavy atom. The first-order chi connectivity index (χ1) is 15.2. The monoisotopic (exact) mass is 446 g/mol. The number of aromatic nitrogens is 2. The summed E-state index contributed by atoms with van der Waals surface area (Å²) in [4.78, 5) is 0. The van der Waals surface area contributed by atoms with E-state index in [1.165, 1.54) is 0 Å². The molecule has 0 radical (unpaired) electrons. The summed E-state index contributed by atoms with van der Waals surface area (Å²) in [7, 11) is 0. The van der Waals surface area contributed by atoms with Gasteiger partial charge in [-0.3, -0.25) is 0 Å². The van der Waals surface area contributed by atoms with E-state index in [0.29, 0.717) is 24.8 Å². The second kappa shape index (κ2) is 8.87. The van der Waals surface area contributed by atoms with Crippen molar-refractivity contribution >= 4 is 0 Å². The van der Waals surface area contributed by atoms with Gasteiger partial charge in [0.1, 0.15) is 5.67 Å². The molecule has 4 rings (SSSR count). The molecule has 6 heteroatoms. The average Bonchev–Trinajstić information content (AvgIpc) is 3.30. The fourth-order valence-corrected chi connectivity index (χ4v) is 4.68. The molecule has 32 heavy (non-hydrogen) atoms. The van der Waals surface area contributed by atoms with E-state index < -0.39 is 17.3 Å². The molecule has 0 spiro atoms.